The zero-order valence-electron chi connectivity index (χ0n) is 13.2. The Morgan fingerprint density at radius 2 is 1.26 bits per heavy atom. The molecule has 0 amide bonds. The quantitative estimate of drug-likeness (QED) is 0.706. The van der Waals surface area contributed by atoms with E-state index >= 15 is 0 Å². The minimum atomic E-state index is -0.353. The van der Waals surface area contributed by atoms with Crippen LogP contribution < -0.4 is 0 Å². The van der Waals surface area contributed by atoms with Gasteiger partial charge in [0.15, 0.2) is 0 Å². The molecule has 0 bridgehead atoms. The van der Waals surface area contributed by atoms with E-state index in [-0.39, 0.29) is 25.2 Å². The molecule has 0 aliphatic rings. The van der Waals surface area contributed by atoms with Gasteiger partial charge >= 0.3 is 0 Å². The highest BCUT2D eigenvalue weighted by molar-refractivity contribution is 5.14. The summed E-state index contributed by atoms with van der Waals surface area (Å²) in [5.74, 6) is -0.352. The normalized spacial score (nSPS) is 12.5. The molecule has 124 valence electrons. The Hall–Kier alpha value is -1.72. The van der Waals surface area contributed by atoms with Crippen LogP contribution in [0.25, 0.3) is 0 Å². The highest BCUT2D eigenvalue weighted by Gasteiger charge is 2.21. The van der Waals surface area contributed by atoms with E-state index in [0.29, 0.717) is 19.8 Å². The molecule has 0 heterocycles. The van der Waals surface area contributed by atoms with Crippen molar-refractivity contribution in [2.45, 2.75) is 19.3 Å². The van der Waals surface area contributed by atoms with Gasteiger partial charge in [-0.2, -0.15) is 0 Å². The largest absolute Gasteiger partial charge is 0.396 e. The van der Waals surface area contributed by atoms with E-state index in [2.05, 4.69) is 0 Å². The van der Waals surface area contributed by atoms with E-state index in [1.165, 1.54) is 0 Å². The number of aliphatic hydroxyl groups is 2. The zero-order chi connectivity index (χ0) is 16.3. The summed E-state index contributed by atoms with van der Waals surface area (Å²) >= 11 is 0. The number of hydrogen-bond donors (Lipinski definition) is 2. The van der Waals surface area contributed by atoms with Crippen molar-refractivity contribution in [3.63, 3.8) is 0 Å². The molecule has 2 N–H and O–H groups in total. The lowest BCUT2D eigenvalue weighted by molar-refractivity contribution is -0.0799. The fraction of sp³-hybridized carbons (Fsp3) is 0.368. The molecule has 0 fully saturated rings. The van der Waals surface area contributed by atoms with Gasteiger partial charge in [-0.3, -0.25) is 0 Å². The topological polar surface area (TPSA) is 58.9 Å². The third-order valence-electron chi connectivity index (χ3n) is 3.70. The van der Waals surface area contributed by atoms with Gasteiger partial charge in [0.25, 0.3) is 0 Å². The van der Waals surface area contributed by atoms with Crippen LogP contribution in [0.3, 0.4) is 0 Å². The predicted molar refractivity (Wildman–Crippen MR) is 88.8 cm³/mol. The monoisotopic (exact) mass is 316 g/mol. The summed E-state index contributed by atoms with van der Waals surface area (Å²) in [4.78, 5) is 0. The van der Waals surface area contributed by atoms with Gasteiger partial charge in [0.2, 0.25) is 0 Å². The van der Waals surface area contributed by atoms with Crippen LogP contribution in [0, 0.1) is 5.92 Å². The molecule has 4 nitrogen and oxygen atoms in total. The molecule has 0 radical (unpaired) electrons. The molecule has 0 saturated heterocycles. The summed E-state index contributed by atoms with van der Waals surface area (Å²) in [6, 6.07) is 19.7. The second kappa shape index (κ2) is 10.1. The number of hydrogen-bond acceptors (Lipinski definition) is 4. The Morgan fingerprint density at radius 3 is 1.78 bits per heavy atom. The Kier molecular flexibility index (Phi) is 7.77. The van der Waals surface area contributed by atoms with Gasteiger partial charge in [0.1, 0.15) is 0 Å². The highest BCUT2D eigenvalue weighted by Crippen LogP contribution is 2.13. The molecule has 0 aromatic heterocycles. The Bertz CT molecular complexity index is 526. The minimum absolute atomic E-state index is 0.134. The van der Waals surface area contributed by atoms with Gasteiger partial charge in [-0.05, 0) is 11.1 Å². The second-order valence-electron chi connectivity index (χ2n) is 5.46. The Balaban J connectivity index is 1.86. The molecule has 0 aliphatic heterocycles. The third-order valence-corrected chi connectivity index (χ3v) is 3.70. The number of benzene rings is 2. The lowest BCUT2D eigenvalue weighted by Crippen LogP contribution is -2.34. The SMILES string of the molecule is OCC(CO)C(COCc1ccccc1)OCc1ccccc1. The van der Waals surface area contributed by atoms with E-state index in [9.17, 15) is 10.2 Å². The molecule has 0 aliphatic carbocycles. The molecule has 4 heteroatoms. The first-order valence-electron chi connectivity index (χ1n) is 7.82. The summed E-state index contributed by atoms with van der Waals surface area (Å²) < 4.78 is 11.6. The van der Waals surface area contributed by atoms with E-state index in [0.717, 1.165) is 11.1 Å². The van der Waals surface area contributed by atoms with E-state index < -0.39 is 0 Å². The first-order valence-corrected chi connectivity index (χ1v) is 7.82. The van der Waals surface area contributed by atoms with E-state index in [1.54, 1.807) is 0 Å². The molecule has 2 aromatic rings. The molecule has 0 saturated carbocycles. The second-order valence-corrected chi connectivity index (χ2v) is 5.46. The maximum absolute atomic E-state index is 9.41. The Morgan fingerprint density at radius 1 is 0.739 bits per heavy atom. The van der Waals surface area contributed by atoms with Crippen LogP contribution >= 0.6 is 0 Å². The fourth-order valence-corrected chi connectivity index (χ4v) is 2.26. The van der Waals surface area contributed by atoms with Gasteiger partial charge < -0.3 is 19.7 Å². The van der Waals surface area contributed by atoms with Gasteiger partial charge in [-0.1, -0.05) is 60.7 Å². The Labute approximate surface area is 137 Å². The van der Waals surface area contributed by atoms with E-state index in [1.807, 2.05) is 60.7 Å². The van der Waals surface area contributed by atoms with Crippen LogP contribution in [0.5, 0.6) is 0 Å². The van der Waals surface area contributed by atoms with Gasteiger partial charge in [-0.15, -0.1) is 0 Å². The van der Waals surface area contributed by atoms with Crippen LogP contribution in [-0.2, 0) is 22.7 Å². The summed E-state index contributed by atoms with van der Waals surface area (Å²) in [5, 5.41) is 18.8. The lowest BCUT2D eigenvalue weighted by atomic mass is 10.1. The molecule has 23 heavy (non-hydrogen) atoms. The summed E-state index contributed by atoms with van der Waals surface area (Å²) in [5.41, 5.74) is 2.13. The number of aliphatic hydroxyl groups excluding tert-OH is 2. The van der Waals surface area contributed by atoms with Crippen molar-refractivity contribution >= 4 is 0 Å². The van der Waals surface area contributed by atoms with Gasteiger partial charge in [0.05, 0.1) is 39.1 Å². The van der Waals surface area contributed by atoms with E-state index in [4.69, 9.17) is 9.47 Å². The number of rotatable bonds is 10. The lowest BCUT2D eigenvalue weighted by Gasteiger charge is -2.24. The summed E-state index contributed by atoms with van der Waals surface area (Å²) in [7, 11) is 0. The van der Waals surface area contributed by atoms with Gasteiger partial charge in [0, 0.05) is 5.92 Å². The first-order chi connectivity index (χ1) is 11.3. The number of ether oxygens (including phenoxy) is 2. The average Bonchev–Trinajstić information content (AvgIpc) is 2.62. The summed E-state index contributed by atoms with van der Waals surface area (Å²) in [6.07, 6.45) is -0.353. The maximum Gasteiger partial charge on any atom is 0.0885 e. The molecule has 2 aromatic carbocycles. The fourth-order valence-electron chi connectivity index (χ4n) is 2.26. The van der Waals surface area contributed by atoms with Crippen molar-refractivity contribution < 1.29 is 19.7 Å². The molecule has 0 spiro atoms. The molecular formula is C19H24O4. The van der Waals surface area contributed by atoms with Crippen LogP contribution in [0.1, 0.15) is 11.1 Å². The average molecular weight is 316 g/mol. The highest BCUT2D eigenvalue weighted by atomic mass is 16.5. The molecule has 2 rings (SSSR count). The predicted octanol–water partition coefficient (Wildman–Crippen LogP) is 2.39. The van der Waals surface area contributed by atoms with Crippen LogP contribution in [0.4, 0.5) is 0 Å². The van der Waals surface area contributed by atoms with Crippen LogP contribution in [-0.4, -0.2) is 36.1 Å². The maximum atomic E-state index is 9.41. The first kappa shape index (κ1) is 17.6. The summed E-state index contributed by atoms with van der Waals surface area (Å²) in [6.45, 7) is 0.967. The van der Waals surface area contributed by atoms with Crippen molar-refractivity contribution in [2.75, 3.05) is 19.8 Å². The van der Waals surface area contributed by atoms with Crippen LogP contribution in [0.2, 0.25) is 0 Å². The zero-order valence-corrected chi connectivity index (χ0v) is 13.2. The third kappa shape index (κ3) is 6.12. The van der Waals surface area contributed by atoms with Crippen molar-refractivity contribution in [3.05, 3.63) is 71.8 Å². The van der Waals surface area contributed by atoms with Crippen molar-refractivity contribution in [1.29, 1.82) is 0 Å². The van der Waals surface area contributed by atoms with Crippen molar-refractivity contribution in [2.24, 2.45) is 5.92 Å². The van der Waals surface area contributed by atoms with Gasteiger partial charge in [-0.25, -0.2) is 0 Å². The van der Waals surface area contributed by atoms with Crippen molar-refractivity contribution in [3.8, 4) is 0 Å². The molecule has 1 unspecified atom stereocenters. The molecular weight excluding hydrogens is 292 g/mol. The molecule has 1 atom stereocenters. The van der Waals surface area contributed by atoms with Crippen molar-refractivity contribution in [1.82, 2.24) is 0 Å². The smallest absolute Gasteiger partial charge is 0.0885 e. The standard InChI is InChI=1S/C19H24O4/c20-11-18(12-21)19(23-14-17-9-5-2-6-10-17)15-22-13-16-7-3-1-4-8-16/h1-10,18-21H,11-15H2. The van der Waals surface area contributed by atoms with Crippen LogP contribution in [0.15, 0.2) is 60.7 Å². The minimum Gasteiger partial charge on any atom is -0.396 e.